The molecule has 4 fully saturated rings. The van der Waals surface area contributed by atoms with E-state index >= 15 is 0 Å². The largest absolute Gasteiger partial charge is 0.381 e. The monoisotopic (exact) mass is 475 g/mol. The Hall–Kier alpha value is -2.51. The average Bonchev–Trinajstić information content (AvgIpc) is 3.64. The molecule has 0 unspecified atom stereocenters. The number of nitrogens with one attached hydrogen (secondary N) is 2. The number of anilines is 2. The van der Waals surface area contributed by atoms with Crippen molar-refractivity contribution in [1.82, 2.24) is 15.5 Å². The fourth-order valence-electron chi connectivity index (χ4n) is 6.86. The molecular formula is C28H37N5O2. The van der Waals surface area contributed by atoms with Gasteiger partial charge in [0.2, 0.25) is 0 Å². The predicted octanol–water partition coefficient (Wildman–Crippen LogP) is 4.15. The normalized spacial score (nSPS) is 28.9. The summed E-state index contributed by atoms with van der Waals surface area (Å²) < 4.78 is 5.55. The molecule has 2 aromatic rings. The molecule has 1 aliphatic carbocycles. The lowest BCUT2D eigenvalue weighted by Gasteiger charge is -2.27. The third-order valence-corrected chi connectivity index (χ3v) is 8.75. The van der Waals surface area contributed by atoms with Gasteiger partial charge in [-0.25, -0.2) is 0 Å². The number of nitrogens with zero attached hydrogens (tertiary/aromatic N) is 3. The van der Waals surface area contributed by atoms with Gasteiger partial charge in [-0.1, -0.05) is 6.07 Å². The minimum atomic E-state index is 0.470. The van der Waals surface area contributed by atoms with Crippen molar-refractivity contribution in [3.05, 3.63) is 35.9 Å². The van der Waals surface area contributed by atoms with Crippen molar-refractivity contribution in [2.24, 2.45) is 17.8 Å². The van der Waals surface area contributed by atoms with Crippen molar-refractivity contribution in [1.29, 1.82) is 0 Å². The molecule has 6 rings (SSSR count). The Morgan fingerprint density at radius 1 is 1.09 bits per heavy atom. The molecule has 0 bridgehead atoms. The van der Waals surface area contributed by atoms with Crippen LogP contribution in [0.3, 0.4) is 0 Å². The lowest BCUT2D eigenvalue weighted by atomic mass is 9.85. The second kappa shape index (κ2) is 10.2. The Balaban J connectivity index is 1.08. The van der Waals surface area contributed by atoms with Gasteiger partial charge in [0, 0.05) is 55.2 Å². The van der Waals surface area contributed by atoms with Gasteiger partial charge in [0.15, 0.2) is 6.29 Å². The van der Waals surface area contributed by atoms with E-state index in [1.807, 2.05) is 18.2 Å². The van der Waals surface area contributed by atoms with Crippen molar-refractivity contribution in [2.75, 3.05) is 43.1 Å². The lowest BCUT2D eigenvalue weighted by molar-refractivity contribution is 0.0594. The van der Waals surface area contributed by atoms with Gasteiger partial charge in [-0.15, -0.1) is 10.2 Å². The van der Waals surface area contributed by atoms with Crippen molar-refractivity contribution >= 4 is 17.8 Å². The van der Waals surface area contributed by atoms with Gasteiger partial charge in [-0.2, -0.15) is 0 Å². The van der Waals surface area contributed by atoms with Crippen LogP contribution >= 0.6 is 0 Å². The summed E-state index contributed by atoms with van der Waals surface area (Å²) in [5.41, 5.74) is 3.62. The van der Waals surface area contributed by atoms with Gasteiger partial charge >= 0.3 is 0 Å². The van der Waals surface area contributed by atoms with E-state index in [-0.39, 0.29) is 0 Å². The summed E-state index contributed by atoms with van der Waals surface area (Å²) >= 11 is 0. The van der Waals surface area contributed by atoms with Gasteiger partial charge in [0.1, 0.15) is 5.82 Å². The zero-order valence-electron chi connectivity index (χ0n) is 20.5. The first-order valence-electron chi connectivity index (χ1n) is 13.5. The quantitative estimate of drug-likeness (QED) is 0.583. The molecule has 1 aromatic heterocycles. The Morgan fingerprint density at radius 3 is 2.71 bits per heavy atom. The molecular weight excluding hydrogens is 438 g/mol. The molecule has 1 aromatic carbocycles. The summed E-state index contributed by atoms with van der Waals surface area (Å²) in [5.74, 6) is 3.21. The van der Waals surface area contributed by atoms with Crippen molar-refractivity contribution in [3.63, 3.8) is 0 Å². The number of hydrogen-bond donors (Lipinski definition) is 2. The zero-order chi connectivity index (χ0) is 23.6. The first-order chi connectivity index (χ1) is 17.3. The molecule has 7 heteroatoms. The van der Waals surface area contributed by atoms with Gasteiger partial charge in [0.25, 0.3) is 0 Å². The van der Waals surface area contributed by atoms with Gasteiger partial charge < -0.3 is 20.3 Å². The van der Waals surface area contributed by atoms with Crippen molar-refractivity contribution < 1.29 is 9.53 Å². The number of rotatable bonds is 7. The summed E-state index contributed by atoms with van der Waals surface area (Å²) in [6, 6.07) is 11.2. The molecule has 3 aliphatic heterocycles. The van der Waals surface area contributed by atoms with E-state index in [2.05, 4.69) is 37.9 Å². The highest BCUT2D eigenvalue weighted by atomic mass is 16.5. The molecule has 4 atom stereocenters. The fourth-order valence-corrected chi connectivity index (χ4v) is 6.86. The van der Waals surface area contributed by atoms with E-state index in [1.54, 1.807) is 0 Å². The number of hydrogen-bond acceptors (Lipinski definition) is 7. The highest BCUT2D eigenvalue weighted by Crippen LogP contribution is 2.41. The molecule has 7 nitrogen and oxygen atoms in total. The predicted molar refractivity (Wildman–Crippen MR) is 138 cm³/mol. The maximum atomic E-state index is 11.6. The summed E-state index contributed by atoms with van der Waals surface area (Å²) in [4.78, 5) is 13.9. The number of carbonyl (C=O) groups is 1. The third-order valence-electron chi connectivity index (χ3n) is 8.75. The molecule has 3 saturated heterocycles. The SMILES string of the molecule is O=Cc1ccc(-c2ccc(N[C@H]3C[C@@H]4CN[C@@H](CC5CCOCC5)[C@H]4C3)nn2)cc1N1CCCC1. The zero-order valence-corrected chi connectivity index (χ0v) is 20.5. The third kappa shape index (κ3) is 4.94. The lowest BCUT2D eigenvalue weighted by Crippen LogP contribution is -2.33. The molecule has 1 saturated carbocycles. The van der Waals surface area contributed by atoms with Crippen LogP contribution in [0.5, 0.6) is 0 Å². The molecule has 35 heavy (non-hydrogen) atoms. The van der Waals surface area contributed by atoms with Gasteiger partial charge in [0.05, 0.1) is 5.69 Å². The first kappa shape index (κ1) is 22.9. The van der Waals surface area contributed by atoms with Crippen LogP contribution < -0.4 is 15.5 Å². The molecule has 4 heterocycles. The fraction of sp³-hybridized carbons (Fsp3) is 0.607. The van der Waals surface area contributed by atoms with Gasteiger partial charge in [-0.05, 0) is 93.5 Å². The van der Waals surface area contributed by atoms with Crippen molar-refractivity contribution in [3.8, 4) is 11.3 Å². The Labute approximate surface area is 208 Å². The number of fused-ring (bicyclic) bond motifs is 1. The Bertz CT molecular complexity index is 1020. The second-order valence-electron chi connectivity index (χ2n) is 10.9. The van der Waals surface area contributed by atoms with E-state index in [0.29, 0.717) is 12.1 Å². The van der Waals surface area contributed by atoms with Crippen LogP contribution in [-0.2, 0) is 4.74 Å². The summed E-state index contributed by atoms with van der Waals surface area (Å²) in [5, 5.41) is 16.6. The second-order valence-corrected chi connectivity index (χ2v) is 10.9. The maximum absolute atomic E-state index is 11.6. The molecule has 186 valence electrons. The number of carbonyl (C=O) groups excluding carboxylic acids is 1. The molecule has 4 aliphatic rings. The number of benzene rings is 1. The maximum Gasteiger partial charge on any atom is 0.152 e. The molecule has 0 spiro atoms. The van der Waals surface area contributed by atoms with Gasteiger partial charge in [-0.3, -0.25) is 4.79 Å². The Kier molecular flexibility index (Phi) is 6.70. The highest BCUT2D eigenvalue weighted by Gasteiger charge is 2.43. The molecule has 2 N–H and O–H groups in total. The molecule has 0 amide bonds. The average molecular weight is 476 g/mol. The standard InChI is InChI=1S/C28H37N5O2/c34-18-21-4-3-20(15-27(21)33-9-1-2-10-33)25-5-6-28(32-31-25)30-23-14-22-17-29-26(24(22)16-23)13-19-7-11-35-12-8-19/h3-6,15,18-19,22-24,26,29H,1-2,7-14,16-17H2,(H,30,32)/t22-,23+,24+,26+/m1/s1. The van der Waals surface area contributed by atoms with E-state index in [4.69, 9.17) is 4.74 Å². The number of aldehydes is 1. The van der Waals surface area contributed by atoms with Crippen LogP contribution in [0.4, 0.5) is 11.5 Å². The first-order valence-corrected chi connectivity index (χ1v) is 13.5. The van der Waals surface area contributed by atoms with Crippen LogP contribution in [0.2, 0.25) is 0 Å². The van der Waals surface area contributed by atoms with Crippen LogP contribution in [0.15, 0.2) is 30.3 Å². The topological polar surface area (TPSA) is 79.4 Å². The minimum Gasteiger partial charge on any atom is -0.381 e. The number of ether oxygens (including phenoxy) is 1. The van der Waals surface area contributed by atoms with E-state index in [1.165, 1.54) is 44.9 Å². The Morgan fingerprint density at radius 2 is 1.94 bits per heavy atom. The van der Waals surface area contributed by atoms with Crippen LogP contribution in [-0.4, -0.2) is 61.4 Å². The smallest absolute Gasteiger partial charge is 0.152 e. The van der Waals surface area contributed by atoms with E-state index in [0.717, 1.165) is 85.2 Å². The van der Waals surface area contributed by atoms with E-state index in [9.17, 15) is 4.79 Å². The van der Waals surface area contributed by atoms with Crippen LogP contribution in [0, 0.1) is 17.8 Å². The van der Waals surface area contributed by atoms with E-state index < -0.39 is 0 Å². The summed E-state index contributed by atoms with van der Waals surface area (Å²) in [7, 11) is 0. The summed E-state index contributed by atoms with van der Waals surface area (Å²) in [6.07, 6.45) is 9.47. The number of aromatic nitrogens is 2. The highest BCUT2D eigenvalue weighted by molar-refractivity contribution is 5.87. The molecule has 0 radical (unpaired) electrons. The van der Waals surface area contributed by atoms with Crippen LogP contribution in [0.25, 0.3) is 11.3 Å². The van der Waals surface area contributed by atoms with Crippen LogP contribution in [0.1, 0.15) is 55.3 Å². The summed E-state index contributed by atoms with van der Waals surface area (Å²) in [6.45, 7) is 5.04. The van der Waals surface area contributed by atoms with Crippen molar-refractivity contribution in [2.45, 2.75) is 57.0 Å². The minimum absolute atomic E-state index is 0.470.